The fourth-order valence-electron chi connectivity index (χ4n) is 3.85. The molecule has 3 aromatic heterocycles. The van der Waals surface area contributed by atoms with E-state index in [9.17, 15) is 4.79 Å². The Balaban J connectivity index is 1.48. The Morgan fingerprint density at radius 3 is 2.79 bits per heavy atom. The van der Waals surface area contributed by atoms with Crippen LogP contribution >= 0.6 is 0 Å². The maximum absolute atomic E-state index is 12.8. The number of piperidine rings is 1. The third-order valence-electron chi connectivity index (χ3n) is 5.34. The molecule has 1 amide bonds. The summed E-state index contributed by atoms with van der Waals surface area (Å²) in [6.45, 7) is 6.69. The zero-order valence-corrected chi connectivity index (χ0v) is 16.5. The van der Waals surface area contributed by atoms with Gasteiger partial charge in [0.1, 0.15) is 5.76 Å². The molecule has 4 heterocycles. The van der Waals surface area contributed by atoms with Crippen LogP contribution in [0.1, 0.15) is 61.3 Å². The van der Waals surface area contributed by atoms with Crippen molar-refractivity contribution >= 4 is 16.9 Å². The number of likely N-dealkylation sites (tertiary alicyclic amines) is 1. The van der Waals surface area contributed by atoms with Crippen LogP contribution in [0.4, 0.5) is 0 Å². The summed E-state index contributed by atoms with van der Waals surface area (Å²) in [5, 5.41) is 8.31. The lowest BCUT2D eigenvalue weighted by Crippen LogP contribution is -2.40. The molecule has 0 aliphatic carbocycles. The molecule has 0 saturated carbocycles. The molecule has 4 rings (SSSR count). The van der Waals surface area contributed by atoms with Gasteiger partial charge in [-0.1, -0.05) is 6.42 Å². The van der Waals surface area contributed by atoms with Gasteiger partial charge in [-0.3, -0.25) is 9.69 Å². The van der Waals surface area contributed by atoms with E-state index in [1.165, 1.54) is 19.3 Å². The minimum Gasteiger partial charge on any atom is -0.468 e. The zero-order chi connectivity index (χ0) is 19.5. The molecule has 0 bridgehead atoms. The van der Waals surface area contributed by atoms with Crippen molar-refractivity contribution in [2.75, 3.05) is 19.6 Å². The number of fused-ring (bicyclic) bond motifs is 1. The smallest absolute Gasteiger partial charge is 0.252 e. The lowest BCUT2D eigenvalue weighted by molar-refractivity contribution is 0.0914. The van der Waals surface area contributed by atoms with Crippen molar-refractivity contribution in [1.29, 1.82) is 0 Å². The summed E-state index contributed by atoms with van der Waals surface area (Å²) in [4.78, 5) is 19.6. The fraction of sp³-hybridized carbons (Fsp3) is 0.476. The highest BCUT2D eigenvalue weighted by Gasteiger charge is 2.25. The first-order valence-corrected chi connectivity index (χ1v) is 10.0. The number of carbonyl (C=O) groups is 1. The predicted octanol–water partition coefficient (Wildman–Crippen LogP) is 3.56. The number of nitrogens with one attached hydrogen (secondary N) is 1. The van der Waals surface area contributed by atoms with E-state index >= 15 is 0 Å². The Hall–Kier alpha value is -2.67. The van der Waals surface area contributed by atoms with Crippen LogP contribution in [0.15, 0.2) is 41.3 Å². The number of pyridine rings is 1. The van der Waals surface area contributed by atoms with Crippen molar-refractivity contribution in [2.24, 2.45) is 0 Å². The normalized spacial score (nSPS) is 16.5. The molecule has 0 aromatic carbocycles. The van der Waals surface area contributed by atoms with E-state index in [1.54, 1.807) is 18.7 Å². The molecule has 148 valence electrons. The summed E-state index contributed by atoms with van der Waals surface area (Å²) in [5.74, 6) is 0.772. The van der Waals surface area contributed by atoms with Crippen molar-refractivity contribution in [3.8, 4) is 0 Å². The Morgan fingerprint density at radius 1 is 1.25 bits per heavy atom. The second-order valence-corrected chi connectivity index (χ2v) is 7.66. The third-order valence-corrected chi connectivity index (χ3v) is 5.34. The SMILES string of the molecule is CC(C)n1ncc2cc(C(=O)NCC(c3ccco3)N3CCCCC3)cnc21. The van der Waals surface area contributed by atoms with Crippen molar-refractivity contribution in [1.82, 2.24) is 25.0 Å². The van der Waals surface area contributed by atoms with Gasteiger partial charge < -0.3 is 9.73 Å². The van der Waals surface area contributed by atoms with Crippen LogP contribution in [-0.2, 0) is 0 Å². The van der Waals surface area contributed by atoms with E-state index in [0.29, 0.717) is 12.1 Å². The van der Waals surface area contributed by atoms with Crippen LogP contribution < -0.4 is 5.32 Å². The molecular weight excluding hydrogens is 354 g/mol. The second-order valence-electron chi connectivity index (χ2n) is 7.66. The lowest BCUT2D eigenvalue weighted by atomic mass is 10.1. The van der Waals surface area contributed by atoms with Crippen LogP contribution in [0.3, 0.4) is 0 Å². The van der Waals surface area contributed by atoms with E-state index < -0.39 is 0 Å². The van der Waals surface area contributed by atoms with Crippen LogP contribution in [0.25, 0.3) is 11.0 Å². The molecule has 1 fully saturated rings. The quantitative estimate of drug-likeness (QED) is 0.706. The van der Waals surface area contributed by atoms with Gasteiger partial charge in [0, 0.05) is 24.2 Å². The molecule has 0 radical (unpaired) electrons. The highest BCUT2D eigenvalue weighted by atomic mass is 16.3. The highest BCUT2D eigenvalue weighted by molar-refractivity contribution is 5.96. The molecule has 1 aliphatic heterocycles. The summed E-state index contributed by atoms with van der Waals surface area (Å²) < 4.78 is 7.51. The van der Waals surface area contributed by atoms with Crippen molar-refractivity contribution in [3.63, 3.8) is 0 Å². The molecule has 1 aliphatic rings. The first-order valence-electron chi connectivity index (χ1n) is 10.0. The van der Waals surface area contributed by atoms with Gasteiger partial charge in [-0.2, -0.15) is 5.10 Å². The number of rotatable bonds is 6. The Morgan fingerprint density at radius 2 is 2.07 bits per heavy atom. The van der Waals surface area contributed by atoms with Gasteiger partial charge in [-0.15, -0.1) is 0 Å². The summed E-state index contributed by atoms with van der Waals surface area (Å²) in [6.07, 6.45) is 8.72. The Kier molecular flexibility index (Phi) is 5.43. The Bertz CT molecular complexity index is 926. The minimum absolute atomic E-state index is 0.0552. The van der Waals surface area contributed by atoms with Crippen molar-refractivity contribution in [2.45, 2.75) is 45.2 Å². The van der Waals surface area contributed by atoms with Gasteiger partial charge in [0.05, 0.1) is 24.1 Å². The lowest BCUT2D eigenvalue weighted by Gasteiger charge is -2.33. The zero-order valence-electron chi connectivity index (χ0n) is 16.5. The van der Waals surface area contributed by atoms with Crippen LogP contribution in [-0.4, -0.2) is 45.2 Å². The molecule has 1 N–H and O–H groups in total. The van der Waals surface area contributed by atoms with Gasteiger partial charge in [-0.25, -0.2) is 9.67 Å². The molecule has 7 heteroatoms. The average molecular weight is 381 g/mol. The molecule has 3 aromatic rings. The van der Waals surface area contributed by atoms with Crippen LogP contribution in [0, 0.1) is 0 Å². The second kappa shape index (κ2) is 8.14. The standard InChI is InChI=1S/C21H27N5O2/c1-15(2)26-20-16(13-24-26)11-17(12-22-20)21(27)23-14-18(19-7-6-10-28-19)25-8-4-3-5-9-25/h6-7,10-13,15,18H,3-5,8-9,14H2,1-2H3,(H,23,27). The van der Waals surface area contributed by atoms with E-state index in [1.807, 2.05) is 22.9 Å². The Labute approximate surface area is 164 Å². The van der Waals surface area contributed by atoms with E-state index in [4.69, 9.17) is 4.42 Å². The fourth-order valence-corrected chi connectivity index (χ4v) is 3.85. The monoisotopic (exact) mass is 381 g/mol. The van der Waals surface area contributed by atoms with E-state index in [2.05, 4.69) is 34.1 Å². The average Bonchev–Trinajstić information content (AvgIpc) is 3.38. The van der Waals surface area contributed by atoms with Crippen molar-refractivity contribution < 1.29 is 9.21 Å². The van der Waals surface area contributed by atoms with Gasteiger partial charge in [-0.05, 0) is 58.0 Å². The van der Waals surface area contributed by atoms with Crippen LogP contribution in [0.5, 0.6) is 0 Å². The third kappa shape index (κ3) is 3.80. The summed E-state index contributed by atoms with van der Waals surface area (Å²) >= 11 is 0. The molecule has 0 spiro atoms. The molecule has 1 saturated heterocycles. The maximum atomic E-state index is 12.8. The minimum atomic E-state index is -0.125. The predicted molar refractivity (Wildman–Crippen MR) is 107 cm³/mol. The molecule has 1 unspecified atom stereocenters. The first-order chi connectivity index (χ1) is 13.6. The van der Waals surface area contributed by atoms with Gasteiger partial charge in [0.15, 0.2) is 5.65 Å². The van der Waals surface area contributed by atoms with Gasteiger partial charge >= 0.3 is 0 Å². The van der Waals surface area contributed by atoms with Gasteiger partial charge in [0.2, 0.25) is 0 Å². The molecule has 1 atom stereocenters. The summed E-state index contributed by atoms with van der Waals surface area (Å²) in [5.41, 5.74) is 1.35. The summed E-state index contributed by atoms with van der Waals surface area (Å²) in [6, 6.07) is 6.02. The number of nitrogens with zero attached hydrogens (tertiary/aromatic N) is 4. The van der Waals surface area contributed by atoms with E-state index in [0.717, 1.165) is 29.9 Å². The molecule has 28 heavy (non-hydrogen) atoms. The molecule has 7 nitrogen and oxygen atoms in total. The molecular formula is C21H27N5O2. The number of furan rings is 1. The van der Waals surface area contributed by atoms with E-state index in [-0.39, 0.29) is 18.0 Å². The number of aromatic nitrogens is 3. The number of carbonyl (C=O) groups excluding carboxylic acids is 1. The number of amides is 1. The largest absolute Gasteiger partial charge is 0.468 e. The number of hydrogen-bond donors (Lipinski definition) is 1. The first kappa shape index (κ1) is 18.7. The maximum Gasteiger partial charge on any atom is 0.252 e. The topological polar surface area (TPSA) is 76.2 Å². The van der Waals surface area contributed by atoms with Crippen LogP contribution in [0.2, 0.25) is 0 Å². The summed E-state index contributed by atoms with van der Waals surface area (Å²) in [7, 11) is 0. The van der Waals surface area contributed by atoms with Gasteiger partial charge in [0.25, 0.3) is 5.91 Å². The highest BCUT2D eigenvalue weighted by Crippen LogP contribution is 2.24. The number of hydrogen-bond acceptors (Lipinski definition) is 5. The van der Waals surface area contributed by atoms with Crippen molar-refractivity contribution in [3.05, 3.63) is 48.2 Å².